The van der Waals surface area contributed by atoms with Crippen LogP contribution in [-0.2, 0) is 9.47 Å². The molecular formula is C14H25N3O12. The molecule has 15 heteroatoms. The maximum atomic E-state index is 11.9. The standard InChI is InChI=1S/C14H25N3O12/c18-1-3-5(20)7(22)9(24)11(28-3)15-13(26)17-14(27)16-12-10(25)8(23)6(21)4(2-19)29-12/h3-12,18-25H,1-2H2,(H3,15,16,17,26,27)/t3-,4-,5-,6-,7+,8+,9-,10-,11-,12-/m1/s1. The zero-order chi connectivity index (χ0) is 21.9. The predicted octanol–water partition coefficient (Wildman–Crippen LogP) is -6.40. The Bertz CT molecular complexity index is 530. The molecule has 0 saturated carbocycles. The quantitative estimate of drug-likeness (QED) is 0.200. The molecule has 0 bridgehead atoms. The maximum absolute atomic E-state index is 11.9. The third-order valence-corrected chi connectivity index (χ3v) is 4.56. The van der Waals surface area contributed by atoms with Gasteiger partial charge in [0, 0.05) is 0 Å². The molecular weight excluding hydrogens is 402 g/mol. The normalized spacial score (nSPS) is 42.8. The van der Waals surface area contributed by atoms with Crippen molar-refractivity contribution in [2.24, 2.45) is 0 Å². The summed E-state index contributed by atoms with van der Waals surface area (Å²) in [6.45, 7) is -1.44. The summed E-state index contributed by atoms with van der Waals surface area (Å²) in [5.41, 5.74) is 0. The fraction of sp³-hybridized carbons (Fsp3) is 0.857. The van der Waals surface area contributed by atoms with Crippen molar-refractivity contribution in [1.29, 1.82) is 0 Å². The van der Waals surface area contributed by atoms with Crippen LogP contribution in [0.5, 0.6) is 0 Å². The number of imide groups is 1. The second-order valence-corrected chi connectivity index (χ2v) is 6.57. The first-order chi connectivity index (χ1) is 13.6. The van der Waals surface area contributed by atoms with Gasteiger partial charge >= 0.3 is 12.1 Å². The summed E-state index contributed by atoms with van der Waals surface area (Å²) in [4.78, 5) is 23.8. The number of amides is 4. The minimum atomic E-state index is -1.77. The van der Waals surface area contributed by atoms with Crippen LogP contribution >= 0.6 is 0 Å². The van der Waals surface area contributed by atoms with Gasteiger partial charge in [0.05, 0.1) is 13.2 Å². The van der Waals surface area contributed by atoms with E-state index < -0.39 is 86.6 Å². The summed E-state index contributed by atoms with van der Waals surface area (Å²) >= 11 is 0. The van der Waals surface area contributed by atoms with Crippen molar-refractivity contribution in [1.82, 2.24) is 16.0 Å². The lowest BCUT2D eigenvalue weighted by Crippen LogP contribution is -2.66. The Hall–Kier alpha value is -1.66. The van der Waals surface area contributed by atoms with Crippen molar-refractivity contribution < 1.29 is 59.9 Å². The average Bonchev–Trinajstić information content (AvgIpc) is 2.68. The molecule has 29 heavy (non-hydrogen) atoms. The van der Waals surface area contributed by atoms with Crippen molar-refractivity contribution in [3.05, 3.63) is 0 Å². The lowest BCUT2D eigenvalue weighted by molar-refractivity contribution is -0.233. The average molecular weight is 427 g/mol. The van der Waals surface area contributed by atoms with Gasteiger partial charge in [0.1, 0.15) is 48.8 Å². The molecule has 2 aliphatic rings. The van der Waals surface area contributed by atoms with Gasteiger partial charge in [-0.2, -0.15) is 0 Å². The molecule has 2 rings (SSSR count). The van der Waals surface area contributed by atoms with Gasteiger partial charge in [-0.1, -0.05) is 0 Å². The summed E-state index contributed by atoms with van der Waals surface area (Å²) in [6.07, 6.45) is -16.0. The van der Waals surface area contributed by atoms with Gasteiger partial charge in [0.25, 0.3) is 0 Å². The van der Waals surface area contributed by atoms with E-state index in [2.05, 4.69) is 0 Å². The number of hydrogen-bond acceptors (Lipinski definition) is 12. The zero-order valence-electron chi connectivity index (χ0n) is 14.9. The Morgan fingerprint density at radius 1 is 0.621 bits per heavy atom. The molecule has 0 radical (unpaired) electrons. The van der Waals surface area contributed by atoms with Crippen LogP contribution in [0.3, 0.4) is 0 Å². The van der Waals surface area contributed by atoms with Gasteiger partial charge in [0.15, 0.2) is 12.5 Å². The number of rotatable bonds is 4. The Morgan fingerprint density at radius 3 is 1.28 bits per heavy atom. The van der Waals surface area contributed by atoms with E-state index in [0.717, 1.165) is 0 Å². The number of nitrogens with one attached hydrogen (secondary N) is 3. The number of carbonyl (C=O) groups is 2. The van der Waals surface area contributed by atoms with Gasteiger partial charge in [0.2, 0.25) is 0 Å². The SMILES string of the molecule is O=C(NC(=O)N[C@@H]1O[C@H](CO)[C@@H](O)[C@H](O)[C@H]1O)N[C@@H]1O[C@H](CO)[C@@H](O)[C@H](O)[C@H]1O. The summed E-state index contributed by atoms with van der Waals surface area (Å²) in [7, 11) is 0. The van der Waals surface area contributed by atoms with Crippen LogP contribution in [-0.4, -0.2) is 127 Å². The first-order valence-corrected chi connectivity index (χ1v) is 8.59. The van der Waals surface area contributed by atoms with E-state index in [-0.39, 0.29) is 0 Å². The van der Waals surface area contributed by atoms with Crippen LogP contribution in [0, 0.1) is 0 Å². The van der Waals surface area contributed by atoms with Crippen LogP contribution in [0.15, 0.2) is 0 Å². The molecule has 2 aliphatic heterocycles. The topological polar surface area (TPSA) is 251 Å². The first-order valence-electron chi connectivity index (χ1n) is 8.59. The molecule has 2 fully saturated rings. The molecule has 11 N–H and O–H groups in total. The predicted molar refractivity (Wildman–Crippen MR) is 87.7 cm³/mol. The Balaban J connectivity index is 1.89. The van der Waals surface area contributed by atoms with Crippen molar-refractivity contribution in [3.8, 4) is 0 Å². The minimum Gasteiger partial charge on any atom is -0.394 e. The van der Waals surface area contributed by atoms with E-state index in [0.29, 0.717) is 0 Å². The van der Waals surface area contributed by atoms with Gasteiger partial charge in [-0.3, -0.25) is 5.32 Å². The third-order valence-electron chi connectivity index (χ3n) is 4.56. The molecule has 10 atom stereocenters. The number of aliphatic hydroxyl groups is 8. The van der Waals surface area contributed by atoms with Gasteiger partial charge in [-0.05, 0) is 0 Å². The van der Waals surface area contributed by atoms with E-state index in [1.54, 1.807) is 5.32 Å². The second-order valence-electron chi connectivity index (χ2n) is 6.57. The highest BCUT2D eigenvalue weighted by atomic mass is 16.6. The molecule has 0 unspecified atom stereocenters. The van der Waals surface area contributed by atoms with Gasteiger partial charge in [-0.25, -0.2) is 9.59 Å². The van der Waals surface area contributed by atoms with Crippen molar-refractivity contribution in [2.45, 2.75) is 61.3 Å². The van der Waals surface area contributed by atoms with E-state index in [4.69, 9.17) is 19.7 Å². The molecule has 0 spiro atoms. The number of hydrogen-bond donors (Lipinski definition) is 11. The molecule has 168 valence electrons. The molecule has 2 heterocycles. The minimum absolute atomic E-state index is 0.720. The summed E-state index contributed by atoms with van der Waals surface area (Å²) in [5, 5.41) is 82.2. The van der Waals surface area contributed by atoms with Crippen LogP contribution in [0.1, 0.15) is 0 Å². The van der Waals surface area contributed by atoms with E-state index >= 15 is 0 Å². The van der Waals surface area contributed by atoms with Gasteiger partial charge < -0.3 is 61.0 Å². The smallest absolute Gasteiger partial charge is 0.324 e. The van der Waals surface area contributed by atoms with Crippen molar-refractivity contribution in [2.75, 3.05) is 13.2 Å². The molecule has 0 aromatic rings. The lowest BCUT2D eigenvalue weighted by atomic mass is 9.98. The van der Waals surface area contributed by atoms with Crippen molar-refractivity contribution in [3.63, 3.8) is 0 Å². The van der Waals surface area contributed by atoms with E-state index in [9.17, 15) is 40.2 Å². The van der Waals surface area contributed by atoms with Gasteiger partial charge in [-0.15, -0.1) is 0 Å². The number of urea groups is 2. The Morgan fingerprint density at radius 2 is 0.966 bits per heavy atom. The highest BCUT2D eigenvalue weighted by molar-refractivity contribution is 5.93. The fourth-order valence-electron chi connectivity index (χ4n) is 2.88. The first kappa shape index (κ1) is 23.6. The lowest BCUT2D eigenvalue weighted by Gasteiger charge is -2.40. The molecule has 0 aliphatic carbocycles. The van der Waals surface area contributed by atoms with Crippen LogP contribution in [0.4, 0.5) is 9.59 Å². The fourth-order valence-corrected chi connectivity index (χ4v) is 2.88. The zero-order valence-corrected chi connectivity index (χ0v) is 14.9. The van der Waals surface area contributed by atoms with Crippen LogP contribution in [0.2, 0.25) is 0 Å². The molecule has 4 amide bonds. The molecule has 15 nitrogen and oxygen atoms in total. The van der Waals surface area contributed by atoms with Crippen LogP contribution in [0.25, 0.3) is 0 Å². The van der Waals surface area contributed by atoms with Crippen molar-refractivity contribution >= 4 is 12.1 Å². The van der Waals surface area contributed by atoms with E-state index in [1.807, 2.05) is 10.6 Å². The Labute approximate surface area is 163 Å². The van der Waals surface area contributed by atoms with Crippen LogP contribution < -0.4 is 16.0 Å². The largest absolute Gasteiger partial charge is 0.394 e. The third kappa shape index (κ3) is 5.28. The number of carbonyl (C=O) groups excluding carboxylic acids is 2. The molecule has 0 aromatic carbocycles. The summed E-state index contributed by atoms with van der Waals surface area (Å²) < 4.78 is 10.1. The highest BCUT2D eigenvalue weighted by Crippen LogP contribution is 2.20. The summed E-state index contributed by atoms with van der Waals surface area (Å²) in [5.74, 6) is 0. The number of ether oxygens (including phenoxy) is 2. The summed E-state index contributed by atoms with van der Waals surface area (Å²) in [6, 6.07) is -2.45. The molecule has 0 aromatic heterocycles. The Kier molecular flexibility index (Phi) is 8.06. The monoisotopic (exact) mass is 427 g/mol. The maximum Gasteiger partial charge on any atom is 0.324 e. The van der Waals surface area contributed by atoms with E-state index in [1.165, 1.54) is 0 Å². The number of aliphatic hydroxyl groups excluding tert-OH is 8. The highest BCUT2D eigenvalue weighted by Gasteiger charge is 2.45. The molecule has 2 saturated heterocycles. The second kappa shape index (κ2) is 9.90.